The first-order chi connectivity index (χ1) is 12.9. The second-order valence-corrected chi connectivity index (χ2v) is 7.72. The molecule has 0 unspecified atom stereocenters. The molecule has 1 aliphatic heterocycles. The lowest BCUT2D eigenvalue weighted by Crippen LogP contribution is -2.47. The molecule has 2 N–H and O–H groups in total. The van der Waals surface area contributed by atoms with E-state index in [4.69, 9.17) is 19.6 Å². The molecule has 4 rings (SSSR count). The quantitative estimate of drug-likeness (QED) is 0.696. The summed E-state index contributed by atoms with van der Waals surface area (Å²) < 4.78 is 31.6. The third-order valence-corrected chi connectivity index (χ3v) is 5.67. The summed E-state index contributed by atoms with van der Waals surface area (Å²) in [6, 6.07) is 3.46. The molecule has 1 amide bonds. The van der Waals surface area contributed by atoms with Crippen LogP contribution in [0.25, 0.3) is 11.0 Å². The van der Waals surface area contributed by atoms with Crippen LogP contribution in [-0.4, -0.2) is 29.8 Å². The van der Waals surface area contributed by atoms with E-state index < -0.39 is 11.6 Å². The molecule has 1 fully saturated rings. The van der Waals surface area contributed by atoms with Gasteiger partial charge in [0.1, 0.15) is 23.7 Å². The molecule has 2 aromatic heterocycles. The maximum absolute atomic E-state index is 14.9. The topological polar surface area (TPSA) is 87.6 Å². The van der Waals surface area contributed by atoms with Crippen LogP contribution in [0, 0.1) is 13.8 Å². The number of hydrogen-bond donors (Lipinski definition) is 1. The van der Waals surface area contributed by atoms with Crippen LogP contribution in [0.1, 0.15) is 32.3 Å². The maximum atomic E-state index is 14.9. The zero-order valence-electron chi connectivity index (χ0n) is 15.0. The molecule has 1 aromatic carbocycles. The molecule has 0 saturated carbocycles. The van der Waals surface area contributed by atoms with Gasteiger partial charge in [0.05, 0.1) is 34.9 Å². The van der Waals surface area contributed by atoms with Gasteiger partial charge in [-0.1, -0.05) is 0 Å². The number of amides is 1. The molecule has 0 atom stereocenters. The summed E-state index contributed by atoms with van der Waals surface area (Å²) in [6.07, 6.45) is 0.0562. The summed E-state index contributed by atoms with van der Waals surface area (Å²) in [7, 11) is 0. The Balaban J connectivity index is 1.80. The predicted molar refractivity (Wildman–Crippen MR) is 99.0 cm³/mol. The minimum absolute atomic E-state index is 0.0134. The summed E-state index contributed by atoms with van der Waals surface area (Å²) in [5.74, 6) is 0.301. The highest BCUT2D eigenvalue weighted by molar-refractivity contribution is 7.09. The number of aryl methyl sites for hydroxylation is 2. The zero-order chi connectivity index (χ0) is 19.2. The van der Waals surface area contributed by atoms with Crippen molar-refractivity contribution in [1.82, 2.24) is 4.98 Å². The monoisotopic (exact) mass is 390 g/mol. The van der Waals surface area contributed by atoms with Crippen molar-refractivity contribution in [2.75, 3.05) is 13.2 Å². The molecular formula is C19H19FN2O4S. The highest BCUT2D eigenvalue weighted by Crippen LogP contribution is 2.39. The number of nitrogens with zero attached hydrogens (tertiary/aromatic N) is 1. The van der Waals surface area contributed by atoms with Crippen molar-refractivity contribution in [3.05, 3.63) is 45.1 Å². The average molecular weight is 390 g/mol. The van der Waals surface area contributed by atoms with E-state index in [-0.39, 0.29) is 25.2 Å². The third-order valence-electron chi connectivity index (χ3n) is 4.76. The molecule has 1 aliphatic rings. The van der Waals surface area contributed by atoms with E-state index >= 15 is 0 Å². The Labute approximate surface area is 159 Å². The van der Waals surface area contributed by atoms with Crippen LogP contribution in [-0.2, 0) is 17.8 Å². The molecule has 8 heteroatoms. The number of ether oxygens (including phenoxy) is 2. The smallest absolute Gasteiger partial charge is 0.252 e. The molecule has 0 radical (unpaired) electrons. The Kier molecular flexibility index (Phi) is 4.39. The number of halogens is 1. The largest absolute Gasteiger partial charge is 0.488 e. The Morgan fingerprint density at radius 3 is 2.78 bits per heavy atom. The zero-order valence-corrected chi connectivity index (χ0v) is 15.8. The average Bonchev–Trinajstić information content (AvgIpc) is 3.15. The van der Waals surface area contributed by atoms with Crippen LogP contribution in [0.4, 0.5) is 4.39 Å². The summed E-state index contributed by atoms with van der Waals surface area (Å²) in [5, 5.41) is 0.516. The highest BCUT2D eigenvalue weighted by Gasteiger charge is 2.40. The van der Waals surface area contributed by atoms with Gasteiger partial charge in [0.25, 0.3) is 5.91 Å². The lowest BCUT2D eigenvalue weighted by Gasteiger charge is -2.34. The van der Waals surface area contributed by atoms with Gasteiger partial charge in [-0.3, -0.25) is 4.79 Å². The number of alkyl halides is 1. The van der Waals surface area contributed by atoms with Gasteiger partial charge < -0.3 is 19.6 Å². The minimum Gasteiger partial charge on any atom is -0.488 e. The van der Waals surface area contributed by atoms with Gasteiger partial charge in [-0.05, 0) is 26.0 Å². The molecule has 1 saturated heterocycles. The third kappa shape index (κ3) is 3.19. The van der Waals surface area contributed by atoms with Crippen molar-refractivity contribution in [2.24, 2.45) is 5.73 Å². The van der Waals surface area contributed by atoms with E-state index in [9.17, 15) is 9.18 Å². The van der Waals surface area contributed by atoms with Crippen LogP contribution in [0.5, 0.6) is 5.75 Å². The number of nitrogens with two attached hydrogens (primary N) is 1. The second kappa shape index (κ2) is 6.61. The summed E-state index contributed by atoms with van der Waals surface area (Å²) in [4.78, 5) is 17.2. The first kappa shape index (κ1) is 17.9. The molecular weight excluding hydrogens is 371 g/mol. The van der Waals surface area contributed by atoms with E-state index in [2.05, 4.69) is 4.98 Å². The minimum atomic E-state index is -1.49. The van der Waals surface area contributed by atoms with Crippen LogP contribution in [0.3, 0.4) is 0 Å². The lowest BCUT2D eigenvalue weighted by atomic mass is 9.90. The van der Waals surface area contributed by atoms with Crippen molar-refractivity contribution in [3.8, 4) is 5.75 Å². The Hall–Kier alpha value is -2.45. The Bertz CT molecular complexity index is 1020. The summed E-state index contributed by atoms with van der Waals surface area (Å²) in [6.45, 7) is 3.92. The van der Waals surface area contributed by atoms with Crippen LogP contribution >= 0.6 is 11.3 Å². The van der Waals surface area contributed by atoms with Gasteiger partial charge in [-0.2, -0.15) is 0 Å². The van der Waals surface area contributed by atoms with Gasteiger partial charge in [0.15, 0.2) is 5.67 Å². The van der Waals surface area contributed by atoms with E-state index in [0.29, 0.717) is 34.6 Å². The van der Waals surface area contributed by atoms with Crippen molar-refractivity contribution < 1.29 is 23.1 Å². The fraction of sp³-hybridized carbons (Fsp3) is 0.368. The van der Waals surface area contributed by atoms with Crippen LogP contribution in [0.2, 0.25) is 0 Å². The number of fused-ring (bicyclic) bond motifs is 1. The molecule has 6 nitrogen and oxygen atoms in total. The molecule has 27 heavy (non-hydrogen) atoms. The number of furan rings is 1. The number of aromatic nitrogens is 1. The molecule has 0 aliphatic carbocycles. The number of carbonyl (C=O) groups is 1. The molecule has 0 spiro atoms. The number of thiazole rings is 1. The van der Waals surface area contributed by atoms with Crippen molar-refractivity contribution in [2.45, 2.75) is 32.5 Å². The Morgan fingerprint density at radius 2 is 2.19 bits per heavy atom. The van der Waals surface area contributed by atoms with Crippen molar-refractivity contribution >= 4 is 28.2 Å². The fourth-order valence-electron chi connectivity index (χ4n) is 3.32. The predicted octanol–water partition coefficient (Wildman–Crippen LogP) is 3.47. The number of hydrogen-bond acceptors (Lipinski definition) is 6. The van der Waals surface area contributed by atoms with E-state index in [1.54, 1.807) is 24.6 Å². The summed E-state index contributed by atoms with van der Waals surface area (Å²) >= 11 is 1.50. The number of rotatable bonds is 6. The van der Waals surface area contributed by atoms with Gasteiger partial charge in [-0.15, -0.1) is 11.3 Å². The van der Waals surface area contributed by atoms with Gasteiger partial charge in [-0.25, -0.2) is 9.37 Å². The normalized spacial score (nSPS) is 15.7. The number of carbonyl (C=O) groups excluding carboxylic acids is 1. The second-order valence-electron chi connectivity index (χ2n) is 6.78. The fourth-order valence-corrected chi connectivity index (χ4v) is 4.00. The van der Waals surface area contributed by atoms with Crippen molar-refractivity contribution in [3.63, 3.8) is 0 Å². The number of primary amides is 1. The lowest BCUT2D eigenvalue weighted by molar-refractivity contribution is -0.128. The van der Waals surface area contributed by atoms with Gasteiger partial charge >= 0.3 is 0 Å². The van der Waals surface area contributed by atoms with E-state index in [0.717, 1.165) is 10.6 Å². The standard InChI is InChI=1S/C19H19FN2O4S/c1-10-15(27-9-22-10)6-25-13-3-4-14-17(16(18(21)23)11(2)26-14)12(13)5-19(20)7-24-8-19/h3-4,9H,5-8H2,1-2H3,(H2,21,23). The summed E-state index contributed by atoms with van der Waals surface area (Å²) in [5.41, 5.74) is 8.05. The van der Waals surface area contributed by atoms with E-state index in [1.165, 1.54) is 11.3 Å². The van der Waals surface area contributed by atoms with Crippen LogP contribution < -0.4 is 10.5 Å². The Morgan fingerprint density at radius 1 is 1.41 bits per heavy atom. The van der Waals surface area contributed by atoms with Gasteiger partial charge in [0, 0.05) is 17.4 Å². The number of benzene rings is 1. The molecule has 142 valence electrons. The first-order valence-electron chi connectivity index (χ1n) is 8.51. The van der Waals surface area contributed by atoms with Gasteiger partial charge in [0.2, 0.25) is 0 Å². The van der Waals surface area contributed by atoms with Crippen molar-refractivity contribution in [1.29, 1.82) is 0 Å². The highest BCUT2D eigenvalue weighted by atomic mass is 32.1. The molecule has 3 heterocycles. The maximum Gasteiger partial charge on any atom is 0.252 e. The first-order valence-corrected chi connectivity index (χ1v) is 9.39. The van der Waals surface area contributed by atoms with Crippen LogP contribution in [0.15, 0.2) is 22.1 Å². The molecule has 0 bridgehead atoms. The molecule has 3 aromatic rings. The van der Waals surface area contributed by atoms with E-state index in [1.807, 2.05) is 6.92 Å². The SMILES string of the molecule is Cc1ncsc1COc1ccc2oc(C)c(C(N)=O)c2c1CC1(F)COC1.